The largest absolute Gasteiger partial charge is 0.497 e. The molecule has 34 heavy (non-hydrogen) atoms. The van der Waals surface area contributed by atoms with Gasteiger partial charge < -0.3 is 14.7 Å². The Balaban J connectivity index is 1.75. The third kappa shape index (κ3) is 3.47. The minimum Gasteiger partial charge on any atom is -0.497 e. The summed E-state index contributed by atoms with van der Waals surface area (Å²) < 4.78 is 7.08. The maximum absolute atomic E-state index is 12.3. The SMILES string of the molecule is COc1ccc(-c2n[nH]c3c(O)n(-c4ccc(C(=O)N(C)C)cc4)c(-c4ccccc4)c23)cc1. The fraction of sp³-hybridized carbons (Fsp3) is 0.111. The number of amides is 1. The van der Waals surface area contributed by atoms with Gasteiger partial charge in [-0.05, 0) is 54.1 Å². The van der Waals surface area contributed by atoms with Crippen molar-refractivity contribution in [2.24, 2.45) is 0 Å². The Hall–Kier alpha value is -4.52. The molecular weight excluding hydrogens is 428 g/mol. The summed E-state index contributed by atoms with van der Waals surface area (Å²) in [6.45, 7) is 0. The van der Waals surface area contributed by atoms with Gasteiger partial charge in [0.05, 0.1) is 18.2 Å². The van der Waals surface area contributed by atoms with Crippen molar-refractivity contribution < 1.29 is 14.6 Å². The first-order valence-electron chi connectivity index (χ1n) is 10.8. The number of aromatic nitrogens is 3. The molecule has 0 bridgehead atoms. The number of benzene rings is 3. The van der Waals surface area contributed by atoms with Crippen molar-refractivity contribution in [1.82, 2.24) is 19.7 Å². The van der Waals surface area contributed by atoms with Crippen LogP contribution in [0.5, 0.6) is 11.6 Å². The van der Waals surface area contributed by atoms with Crippen molar-refractivity contribution in [1.29, 1.82) is 0 Å². The van der Waals surface area contributed by atoms with E-state index in [0.29, 0.717) is 11.1 Å². The van der Waals surface area contributed by atoms with Gasteiger partial charge in [-0.25, -0.2) is 0 Å². The van der Waals surface area contributed by atoms with Gasteiger partial charge in [-0.15, -0.1) is 0 Å². The first kappa shape index (κ1) is 21.3. The van der Waals surface area contributed by atoms with Gasteiger partial charge in [0.2, 0.25) is 5.88 Å². The summed E-state index contributed by atoms with van der Waals surface area (Å²) in [5.74, 6) is 0.726. The van der Waals surface area contributed by atoms with E-state index in [2.05, 4.69) is 10.2 Å². The lowest BCUT2D eigenvalue weighted by Gasteiger charge is -2.14. The number of hydrogen-bond acceptors (Lipinski definition) is 4. The molecule has 3 aromatic carbocycles. The van der Waals surface area contributed by atoms with Gasteiger partial charge in [0, 0.05) is 30.9 Å². The van der Waals surface area contributed by atoms with Crippen molar-refractivity contribution in [2.75, 3.05) is 21.2 Å². The van der Waals surface area contributed by atoms with E-state index in [9.17, 15) is 9.90 Å². The molecule has 7 nitrogen and oxygen atoms in total. The third-order valence-electron chi connectivity index (χ3n) is 5.85. The molecule has 0 radical (unpaired) electrons. The van der Waals surface area contributed by atoms with Gasteiger partial charge in [0.1, 0.15) is 17.0 Å². The maximum Gasteiger partial charge on any atom is 0.253 e. The smallest absolute Gasteiger partial charge is 0.253 e. The van der Waals surface area contributed by atoms with E-state index in [1.807, 2.05) is 66.7 Å². The summed E-state index contributed by atoms with van der Waals surface area (Å²) in [6.07, 6.45) is 0. The molecule has 0 saturated carbocycles. The number of methoxy groups -OCH3 is 1. The molecule has 0 saturated heterocycles. The first-order chi connectivity index (χ1) is 16.5. The number of H-pyrrole nitrogens is 1. The van der Waals surface area contributed by atoms with Gasteiger partial charge in [-0.3, -0.25) is 14.5 Å². The molecule has 0 unspecified atom stereocenters. The maximum atomic E-state index is 12.3. The third-order valence-corrected chi connectivity index (χ3v) is 5.85. The van der Waals surface area contributed by atoms with Crippen LogP contribution >= 0.6 is 0 Å². The average Bonchev–Trinajstić information content (AvgIpc) is 3.43. The Morgan fingerprint density at radius 1 is 0.941 bits per heavy atom. The van der Waals surface area contributed by atoms with Crippen LogP contribution in [0.2, 0.25) is 0 Å². The van der Waals surface area contributed by atoms with Gasteiger partial charge >= 0.3 is 0 Å². The van der Waals surface area contributed by atoms with Crippen molar-refractivity contribution in [2.45, 2.75) is 0 Å². The monoisotopic (exact) mass is 452 g/mol. The van der Waals surface area contributed by atoms with Crippen LogP contribution in [-0.4, -0.2) is 51.9 Å². The lowest BCUT2D eigenvalue weighted by atomic mass is 10.0. The second-order valence-electron chi connectivity index (χ2n) is 8.17. The minimum absolute atomic E-state index is 0.0489. The predicted octanol–water partition coefficient (Wildman–Crippen LogP) is 5.10. The highest BCUT2D eigenvalue weighted by molar-refractivity contribution is 6.07. The second-order valence-corrected chi connectivity index (χ2v) is 8.17. The van der Waals surface area contributed by atoms with Crippen LogP contribution in [0.3, 0.4) is 0 Å². The summed E-state index contributed by atoms with van der Waals surface area (Å²) in [4.78, 5) is 13.9. The summed E-state index contributed by atoms with van der Waals surface area (Å²) in [5.41, 5.74) is 5.21. The predicted molar refractivity (Wildman–Crippen MR) is 133 cm³/mol. The average molecular weight is 453 g/mol. The number of carbonyl (C=O) groups is 1. The van der Waals surface area contributed by atoms with E-state index in [4.69, 9.17) is 4.74 Å². The normalized spacial score (nSPS) is 11.0. The van der Waals surface area contributed by atoms with Crippen LogP contribution in [-0.2, 0) is 0 Å². The fourth-order valence-electron chi connectivity index (χ4n) is 4.15. The lowest BCUT2D eigenvalue weighted by Crippen LogP contribution is -2.21. The molecule has 5 aromatic rings. The number of fused-ring (bicyclic) bond motifs is 1. The fourth-order valence-corrected chi connectivity index (χ4v) is 4.15. The first-order valence-corrected chi connectivity index (χ1v) is 10.8. The molecule has 0 aliphatic heterocycles. The summed E-state index contributed by atoms with van der Waals surface area (Å²) in [5, 5.41) is 19.6. The molecule has 2 N–H and O–H groups in total. The Morgan fingerprint density at radius 2 is 1.62 bits per heavy atom. The van der Waals surface area contributed by atoms with E-state index >= 15 is 0 Å². The molecule has 0 aliphatic carbocycles. The number of rotatable bonds is 5. The number of nitrogens with zero attached hydrogens (tertiary/aromatic N) is 3. The molecule has 0 aliphatic rings. The van der Waals surface area contributed by atoms with Crippen LogP contribution in [0, 0.1) is 0 Å². The zero-order valence-electron chi connectivity index (χ0n) is 19.1. The zero-order valence-corrected chi connectivity index (χ0v) is 19.1. The standard InChI is InChI=1S/C27H24N4O3/c1-30(2)26(32)19-9-13-20(14-10-19)31-25(18-7-5-4-6-8-18)22-23(28-29-24(22)27(31)33)17-11-15-21(34-3)16-12-17/h4-16,29,33H,1-3H3. The number of aromatic hydroxyl groups is 1. The number of carbonyl (C=O) groups excluding carboxylic acids is 1. The van der Waals surface area contributed by atoms with E-state index < -0.39 is 0 Å². The zero-order chi connectivity index (χ0) is 23.8. The number of nitrogens with one attached hydrogen (secondary N) is 1. The Bertz CT molecular complexity index is 1460. The van der Waals surface area contributed by atoms with Crippen molar-refractivity contribution in [3.05, 3.63) is 84.4 Å². The molecular formula is C27H24N4O3. The highest BCUT2D eigenvalue weighted by atomic mass is 16.5. The molecule has 1 amide bonds. The molecule has 0 spiro atoms. The molecule has 2 aromatic heterocycles. The van der Waals surface area contributed by atoms with Gasteiger partial charge in [-0.2, -0.15) is 5.10 Å². The number of ether oxygens (including phenoxy) is 1. The summed E-state index contributed by atoms with van der Waals surface area (Å²) in [6, 6.07) is 24.7. The summed E-state index contributed by atoms with van der Waals surface area (Å²) >= 11 is 0. The molecule has 170 valence electrons. The van der Waals surface area contributed by atoms with Crippen molar-refractivity contribution in [3.63, 3.8) is 0 Å². The van der Waals surface area contributed by atoms with Crippen LogP contribution in [0.4, 0.5) is 0 Å². The van der Waals surface area contributed by atoms with Crippen LogP contribution in [0.15, 0.2) is 78.9 Å². The Morgan fingerprint density at radius 3 is 2.24 bits per heavy atom. The van der Waals surface area contributed by atoms with Crippen LogP contribution in [0.1, 0.15) is 10.4 Å². The minimum atomic E-state index is -0.0790. The Kier molecular flexibility index (Phi) is 5.30. The quantitative estimate of drug-likeness (QED) is 0.388. The number of hydrogen-bond donors (Lipinski definition) is 2. The van der Waals surface area contributed by atoms with E-state index in [1.165, 1.54) is 4.90 Å². The van der Waals surface area contributed by atoms with Crippen molar-refractivity contribution >= 4 is 16.8 Å². The van der Waals surface area contributed by atoms with Crippen LogP contribution in [0.25, 0.3) is 39.1 Å². The topological polar surface area (TPSA) is 83.4 Å². The van der Waals surface area contributed by atoms with Gasteiger partial charge in [0.15, 0.2) is 0 Å². The molecule has 2 heterocycles. The molecule has 0 atom stereocenters. The highest BCUT2D eigenvalue weighted by Crippen LogP contribution is 2.43. The molecule has 5 rings (SSSR count). The van der Waals surface area contributed by atoms with E-state index in [-0.39, 0.29) is 11.8 Å². The summed E-state index contributed by atoms with van der Waals surface area (Å²) in [7, 11) is 5.07. The lowest BCUT2D eigenvalue weighted by molar-refractivity contribution is 0.0827. The Labute approximate surface area is 196 Å². The second kappa shape index (κ2) is 8.44. The van der Waals surface area contributed by atoms with E-state index in [0.717, 1.165) is 39.3 Å². The van der Waals surface area contributed by atoms with Crippen LogP contribution < -0.4 is 4.74 Å². The van der Waals surface area contributed by atoms with Gasteiger partial charge in [0.25, 0.3) is 5.91 Å². The van der Waals surface area contributed by atoms with Crippen molar-refractivity contribution in [3.8, 4) is 39.8 Å². The van der Waals surface area contributed by atoms with Gasteiger partial charge in [-0.1, -0.05) is 30.3 Å². The van der Waals surface area contributed by atoms with E-state index in [1.54, 1.807) is 37.9 Å². The number of aromatic amines is 1. The highest BCUT2D eigenvalue weighted by Gasteiger charge is 2.25. The molecule has 0 fully saturated rings. The molecule has 7 heteroatoms.